The fourth-order valence-corrected chi connectivity index (χ4v) is 0. The molecule has 0 aromatic heterocycles. The van der Waals surface area contributed by atoms with Gasteiger partial charge < -0.3 is 4.89 Å². The summed E-state index contributed by atoms with van der Waals surface area (Å²) in [6.45, 7) is 0. The Morgan fingerprint density at radius 3 is 1.71 bits per heavy atom. The third-order valence-corrected chi connectivity index (χ3v) is 0.302. The van der Waals surface area contributed by atoms with E-state index in [0.717, 1.165) is 0 Å². The van der Waals surface area contributed by atoms with E-state index in [1.165, 1.54) is 0 Å². The van der Waals surface area contributed by atoms with Gasteiger partial charge >= 0.3 is 67.4 Å². The fourth-order valence-electron chi connectivity index (χ4n) is 0. The van der Waals surface area contributed by atoms with Crippen LogP contribution in [0.25, 0.3) is 0 Å². The Morgan fingerprint density at radius 2 is 1.71 bits per heavy atom. The van der Waals surface area contributed by atoms with Gasteiger partial charge in [-0.15, -0.1) is 0 Å². The number of rotatable bonds is 1. The van der Waals surface area contributed by atoms with Crippen molar-refractivity contribution in [2.75, 3.05) is 0 Å². The first kappa shape index (κ1) is 16.1. The van der Waals surface area contributed by atoms with E-state index in [0.29, 0.717) is 0 Å². The molecule has 7 heavy (non-hydrogen) atoms. The molecule has 0 fully saturated rings. The summed E-state index contributed by atoms with van der Waals surface area (Å²) >= 11 is 0. The normalized spacial score (nSPS) is 10.6. The summed E-state index contributed by atoms with van der Waals surface area (Å²) in [5, 5.41) is 0. The molecule has 0 radical (unpaired) electrons. The zero-order valence-electron chi connectivity index (χ0n) is 2.34. The number of hydrogen-bond acceptors (Lipinski definition) is 3. The summed E-state index contributed by atoms with van der Waals surface area (Å²) in [5.74, 6) is 4.15. The van der Waals surface area contributed by atoms with E-state index in [-0.39, 0.29) is 59.1 Å². The fraction of sp³-hybridized carbons (Fsp3) is 0. The predicted molar refractivity (Wildman–Crippen MR) is 30.8 cm³/mol. The van der Waals surface area contributed by atoms with E-state index in [2.05, 4.69) is 10.5 Å². The molecule has 1 unspecified atom stereocenters. The summed E-state index contributed by atoms with van der Waals surface area (Å²) in [6.07, 6.45) is 0. The van der Waals surface area contributed by atoms with E-state index in [4.69, 9.17) is 4.89 Å². The molecule has 0 spiro atoms. The van der Waals surface area contributed by atoms with Crippen molar-refractivity contribution in [3.63, 3.8) is 0 Å². The predicted octanol–water partition coefficient (Wildman–Crippen LogP) is -2.04. The quantitative estimate of drug-likeness (QED) is 0.253. The minimum atomic E-state index is -2.85. The average Bonchev–Trinajstić information content (AvgIpc) is 1.38. The summed E-state index contributed by atoms with van der Waals surface area (Å²) < 4.78 is 12.6. The summed E-state index contributed by atoms with van der Waals surface area (Å²) in [4.78, 5) is 7.56. The van der Waals surface area contributed by atoms with Crippen LogP contribution in [-0.4, -0.2) is 64.0 Å². The molecular weight excluding hydrogens is 139 g/mol. The molecule has 36 valence electrons. The van der Waals surface area contributed by atoms with Crippen LogP contribution in [0.15, 0.2) is 0 Å². The van der Waals surface area contributed by atoms with Gasteiger partial charge in [0.05, 0.1) is 0 Å². The van der Waals surface area contributed by atoms with Gasteiger partial charge in [0.25, 0.3) is 0 Å². The Kier molecular flexibility index (Phi) is 25.2. The molecule has 0 aliphatic rings. The van der Waals surface area contributed by atoms with Crippen LogP contribution in [-0.2, 0) is 9.19 Å². The molecule has 0 aromatic carbocycles. The Labute approximate surface area is 86.3 Å². The standard InChI is InChI=1S/H4NO3P.2Na.2H/c1-4-5(2)3;;;;/h5H,1H2,(H,2,3);;;;. The van der Waals surface area contributed by atoms with Crippen LogP contribution < -0.4 is 5.90 Å². The molecule has 0 saturated carbocycles. The second kappa shape index (κ2) is 11.0. The van der Waals surface area contributed by atoms with Gasteiger partial charge in [-0.2, -0.15) is 0 Å². The monoisotopic (exact) mass is 145 g/mol. The van der Waals surface area contributed by atoms with Gasteiger partial charge in [0.15, 0.2) is 0 Å². The second-order valence-electron chi connectivity index (χ2n) is 0.384. The van der Waals surface area contributed by atoms with E-state index < -0.39 is 8.25 Å². The Morgan fingerprint density at radius 1 is 1.57 bits per heavy atom. The molecular formula is H6NNa2O3P. The molecule has 4 nitrogen and oxygen atoms in total. The van der Waals surface area contributed by atoms with Crippen molar-refractivity contribution in [1.29, 1.82) is 0 Å². The molecule has 1 atom stereocenters. The van der Waals surface area contributed by atoms with Gasteiger partial charge in [-0.1, -0.05) is 0 Å². The van der Waals surface area contributed by atoms with Crippen molar-refractivity contribution >= 4 is 67.4 Å². The van der Waals surface area contributed by atoms with E-state index >= 15 is 0 Å². The Hall–Kier alpha value is 2.11. The van der Waals surface area contributed by atoms with Crippen molar-refractivity contribution in [3.05, 3.63) is 0 Å². The van der Waals surface area contributed by atoms with Crippen molar-refractivity contribution < 1.29 is 14.1 Å². The zero-order chi connectivity index (χ0) is 4.28. The molecule has 0 aliphatic heterocycles. The third kappa shape index (κ3) is 17.9. The summed E-state index contributed by atoms with van der Waals surface area (Å²) in [6, 6.07) is 0. The van der Waals surface area contributed by atoms with Crippen LogP contribution in [0.2, 0.25) is 0 Å². The molecule has 0 heterocycles. The van der Waals surface area contributed by atoms with Gasteiger partial charge in [-0.25, -0.2) is 10.5 Å². The summed E-state index contributed by atoms with van der Waals surface area (Å²) in [7, 11) is -2.85. The first-order valence-corrected chi connectivity index (χ1v) is 2.13. The van der Waals surface area contributed by atoms with Gasteiger partial charge in [0, 0.05) is 0 Å². The first-order valence-electron chi connectivity index (χ1n) is 0.868. The molecule has 0 aromatic rings. The van der Waals surface area contributed by atoms with Crippen LogP contribution in [0, 0.1) is 0 Å². The van der Waals surface area contributed by atoms with Crippen LogP contribution in [0.1, 0.15) is 0 Å². The maximum absolute atomic E-state index is 9.21. The van der Waals surface area contributed by atoms with Crippen LogP contribution in [0.3, 0.4) is 0 Å². The van der Waals surface area contributed by atoms with Crippen LogP contribution in [0.4, 0.5) is 0 Å². The second-order valence-corrected chi connectivity index (χ2v) is 1.15. The molecule has 3 N–H and O–H groups in total. The van der Waals surface area contributed by atoms with Crippen molar-refractivity contribution in [2.45, 2.75) is 0 Å². The number of hydrogen-bond donors (Lipinski definition) is 2. The third-order valence-electron chi connectivity index (χ3n) is 0.101. The minimum absolute atomic E-state index is 0. The number of nitrogens with two attached hydrogens (primary N) is 1. The maximum atomic E-state index is 9.21. The molecule has 0 aliphatic carbocycles. The van der Waals surface area contributed by atoms with Crippen molar-refractivity contribution in [1.82, 2.24) is 0 Å². The van der Waals surface area contributed by atoms with Gasteiger partial charge in [-0.3, -0.25) is 4.57 Å². The van der Waals surface area contributed by atoms with Crippen LogP contribution >= 0.6 is 8.25 Å². The first-order chi connectivity index (χ1) is 2.27. The van der Waals surface area contributed by atoms with Gasteiger partial charge in [0.1, 0.15) is 0 Å². The molecule has 0 rings (SSSR count). The van der Waals surface area contributed by atoms with E-state index in [9.17, 15) is 4.57 Å². The average molecular weight is 145 g/mol. The Bertz CT molecular complexity index is 48.2. The SMILES string of the molecule is NO[PH](=O)O.[NaH].[NaH]. The van der Waals surface area contributed by atoms with Crippen LogP contribution in [0.5, 0.6) is 0 Å². The molecule has 7 heteroatoms. The molecule has 0 saturated heterocycles. The van der Waals surface area contributed by atoms with Crippen molar-refractivity contribution in [3.8, 4) is 0 Å². The zero-order valence-corrected chi connectivity index (χ0v) is 3.34. The molecule has 0 amide bonds. The summed E-state index contributed by atoms with van der Waals surface area (Å²) in [5.41, 5.74) is 0. The van der Waals surface area contributed by atoms with E-state index in [1.54, 1.807) is 0 Å². The molecule has 0 bridgehead atoms. The topological polar surface area (TPSA) is 72.5 Å². The van der Waals surface area contributed by atoms with Gasteiger partial charge in [0.2, 0.25) is 0 Å². The van der Waals surface area contributed by atoms with Gasteiger partial charge in [-0.05, 0) is 0 Å². The van der Waals surface area contributed by atoms with Crippen molar-refractivity contribution in [2.24, 2.45) is 5.90 Å². The van der Waals surface area contributed by atoms with E-state index in [1.807, 2.05) is 0 Å². The Balaban J connectivity index is -0.0000000800.